The average molecular weight is 297 g/mol. The van der Waals surface area contributed by atoms with E-state index in [1.165, 1.54) is 11.7 Å². The maximum Gasteiger partial charge on any atom is 0.0915 e. The van der Waals surface area contributed by atoms with Gasteiger partial charge in [0.15, 0.2) is 0 Å². The zero-order valence-electron chi connectivity index (χ0n) is 12.0. The van der Waals surface area contributed by atoms with Crippen LogP contribution < -0.4 is 5.32 Å². The molecule has 1 aromatic rings. The first-order valence-electron chi connectivity index (χ1n) is 7.55. The monoisotopic (exact) mass is 297 g/mol. The highest BCUT2D eigenvalue weighted by atomic mass is 32.1. The second kappa shape index (κ2) is 6.47. The molecule has 2 saturated heterocycles. The van der Waals surface area contributed by atoms with Gasteiger partial charge in [0, 0.05) is 19.8 Å². The van der Waals surface area contributed by atoms with Gasteiger partial charge in [0.2, 0.25) is 0 Å². The summed E-state index contributed by atoms with van der Waals surface area (Å²) in [6.45, 7) is 5.61. The van der Waals surface area contributed by atoms with Gasteiger partial charge in [0.1, 0.15) is 0 Å². The van der Waals surface area contributed by atoms with Gasteiger partial charge in [0.05, 0.1) is 35.3 Å². The van der Waals surface area contributed by atoms with Crippen molar-refractivity contribution in [3.8, 4) is 0 Å². The Bertz CT molecular complexity index is 401. The van der Waals surface area contributed by atoms with E-state index < -0.39 is 0 Å². The maximum atomic E-state index is 6.14. The summed E-state index contributed by atoms with van der Waals surface area (Å²) in [6.07, 6.45) is 6.16. The van der Waals surface area contributed by atoms with Crippen molar-refractivity contribution >= 4 is 11.7 Å². The van der Waals surface area contributed by atoms with Gasteiger partial charge >= 0.3 is 0 Å². The van der Waals surface area contributed by atoms with Crippen LogP contribution in [0.15, 0.2) is 6.20 Å². The Kier molecular flexibility index (Phi) is 4.65. The van der Waals surface area contributed by atoms with Crippen molar-refractivity contribution < 1.29 is 9.47 Å². The van der Waals surface area contributed by atoms with E-state index in [1.807, 2.05) is 6.20 Å². The lowest BCUT2D eigenvalue weighted by atomic mass is 9.77. The fourth-order valence-corrected chi connectivity index (χ4v) is 3.94. The minimum atomic E-state index is 0.0400. The highest BCUT2D eigenvalue weighted by Crippen LogP contribution is 2.41. The molecular formula is C14H23N3O2S. The molecule has 2 atom stereocenters. The number of nitrogens with one attached hydrogen (secondary N) is 1. The van der Waals surface area contributed by atoms with Crippen LogP contribution >= 0.6 is 11.7 Å². The number of rotatable bonds is 4. The van der Waals surface area contributed by atoms with Crippen LogP contribution in [0.2, 0.25) is 0 Å². The Morgan fingerprint density at radius 1 is 1.45 bits per heavy atom. The topological polar surface area (TPSA) is 56.3 Å². The standard InChI is InChI=1S/C14H23N3O2S/c1-2-15-13(12-10-16-20-17-12)11-3-6-19-14(9-11)4-7-18-8-5-14/h10-11,13,15H,2-9H2,1H3. The normalized spacial score (nSPS) is 27.6. The van der Waals surface area contributed by atoms with Crippen LogP contribution in [0.1, 0.15) is 44.3 Å². The summed E-state index contributed by atoms with van der Waals surface area (Å²) in [7, 11) is 0. The van der Waals surface area contributed by atoms with Crippen molar-refractivity contribution in [2.45, 2.75) is 44.2 Å². The third-order valence-corrected chi connectivity index (χ3v) is 5.02. The molecular weight excluding hydrogens is 274 g/mol. The second-order valence-electron chi connectivity index (χ2n) is 5.76. The molecule has 1 spiro atoms. The van der Waals surface area contributed by atoms with Crippen molar-refractivity contribution in [3.63, 3.8) is 0 Å². The molecule has 1 aromatic heterocycles. The molecule has 0 amide bonds. The first-order chi connectivity index (χ1) is 9.83. The Morgan fingerprint density at radius 2 is 2.30 bits per heavy atom. The van der Waals surface area contributed by atoms with Gasteiger partial charge in [-0.05, 0) is 38.1 Å². The van der Waals surface area contributed by atoms with Crippen LogP contribution in [0.3, 0.4) is 0 Å². The van der Waals surface area contributed by atoms with Crippen molar-refractivity contribution in [1.29, 1.82) is 0 Å². The fourth-order valence-electron chi connectivity index (χ4n) is 3.48. The van der Waals surface area contributed by atoms with Crippen molar-refractivity contribution in [1.82, 2.24) is 14.1 Å². The van der Waals surface area contributed by atoms with E-state index >= 15 is 0 Å². The molecule has 0 aliphatic carbocycles. The Labute approximate surface area is 124 Å². The number of ether oxygens (including phenoxy) is 2. The molecule has 6 heteroatoms. The Balaban J connectivity index is 1.73. The van der Waals surface area contributed by atoms with Crippen molar-refractivity contribution in [3.05, 3.63) is 11.9 Å². The quantitative estimate of drug-likeness (QED) is 0.923. The van der Waals surface area contributed by atoms with Gasteiger partial charge < -0.3 is 14.8 Å². The third-order valence-electron chi connectivity index (χ3n) is 4.53. The number of hydrogen-bond donors (Lipinski definition) is 1. The fraction of sp³-hybridized carbons (Fsp3) is 0.857. The summed E-state index contributed by atoms with van der Waals surface area (Å²) in [4.78, 5) is 0. The van der Waals surface area contributed by atoms with Crippen LogP contribution in [0, 0.1) is 5.92 Å². The van der Waals surface area contributed by atoms with E-state index in [4.69, 9.17) is 9.47 Å². The summed E-state index contributed by atoms with van der Waals surface area (Å²) < 4.78 is 20.2. The van der Waals surface area contributed by atoms with E-state index in [1.54, 1.807) is 0 Å². The van der Waals surface area contributed by atoms with Crippen molar-refractivity contribution in [2.75, 3.05) is 26.4 Å². The third kappa shape index (κ3) is 3.03. The molecule has 0 aromatic carbocycles. The number of hydrogen-bond acceptors (Lipinski definition) is 6. The highest BCUT2D eigenvalue weighted by molar-refractivity contribution is 6.99. The van der Waals surface area contributed by atoms with E-state index in [0.717, 1.165) is 57.7 Å². The minimum absolute atomic E-state index is 0.0400. The lowest BCUT2D eigenvalue weighted by Crippen LogP contribution is -2.47. The van der Waals surface area contributed by atoms with Crippen LogP contribution in [0.25, 0.3) is 0 Å². The lowest BCUT2D eigenvalue weighted by molar-refractivity contribution is -0.150. The molecule has 112 valence electrons. The molecule has 0 radical (unpaired) electrons. The number of nitrogens with zero attached hydrogens (tertiary/aromatic N) is 2. The van der Waals surface area contributed by atoms with Gasteiger partial charge in [-0.1, -0.05) is 6.92 Å². The molecule has 2 fully saturated rings. The number of aromatic nitrogens is 2. The smallest absolute Gasteiger partial charge is 0.0915 e. The van der Waals surface area contributed by atoms with Crippen molar-refractivity contribution in [2.24, 2.45) is 5.92 Å². The molecule has 3 rings (SSSR count). The zero-order valence-corrected chi connectivity index (χ0v) is 12.8. The van der Waals surface area contributed by atoms with E-state index in [2.05, 4.69) is 21.0 Å². The van der Waals surface area contributed by atoms with Gasteiger partial charge in [0.25, 0.3) is 0 Å². The predicted molar refractivity (Wildman–Crippen MR) is 77.8 cm³/mol. The Hall–Kier alpha value is -0.560. The molecule has 1 N–H and O–H groups in total. The van der Waals surface area contributed by atoms with Gasteiger partial charge in [-0.25, -0.2) is 0 Å². The SMILES string of the molecule is CCNC(c1cnsn1)C1CCOC2(CCOCC2)C1. The summed E-state index contributed by atoms with van der Waals surface area (Å²) >= 11 is 1.29. The summed E-state index contributed by atoms with van der Waals surface area (Å²) in [6, 6.07) is 0.308. The largest absolute Gasteiger partial charge is 0.381 e. The van der Waals surface area contributed by atoms with Crippen LogP contribution in [-0.2, 0) is 9.47 Å². The highest BCUT2D eigenvalue weighted by Gasteiger charge is 2.41. The molecule has 20 heavy (non-hydrogen) atoms. The first-order valence-corrected chi connectivity index (χ1v) is 8.28. The molecule has 0 bridgehead atoms. The zero-order chi connectivity index (χ0) is 13.8. The minimum Gasteiger partial charge on any atom is -0.381 e. The summed E-state index contributed by atoms with van der Waals surface area (Å²) in [5.74, 6) is 0.575. The van der Waals surface area contributed by atoms with Crippen LogP contribution in [0.4, 0.5) is 0 Å². The van der Waals surface area contributed by atoms with E-state index in [-0.39, 0.29) is 5.60 Å². The molecule has 2 aliphatic rings. The van der Waals surface area contributed by atoms with Crippen LogP contribution in [0.5, 0.6) is 0 Å². The molecule has 0 saturated carbocycles. The maximum absolute atomic E-state index is 6.14. The second-order valence-corrected chi connectivity index (χ2v) is 6.32. The first kappa shape index (κ1) is 14.4. The molecule has 5 nitrogen and oxygen atoms in total. The van der Waals surface area contributed by atoms with Crippen LogP contribution in [-0.4, -0.2) is 40.7 Å². The predicted octanol–water partition coefficient (Wildman–Crippen LogP) is 2.16. The van der Waals surface area contributed by atoms with E-state index in [0.29, 0.717) is 12.0 Å². The Morgan fingerprint density at radius 3 is 3.00 bits per heavy atom. The molecule has 3 heterocycles. The molecule has 2 unspecified atom stereocenters. The summed E-state index contributed by atoms with van der Waals surface area (Å²) in [5, 5.41) is 3.59. The van der Waals surface area contributed by atoms with Gasteiger partial charge in [-0.3, -0.25) is 0 Å². The molecule has 2 aliphatic heterocycles. The van der Waals surface area contributed by atoms with E-state index in [9.17, 15) is 0 Å². The summed E-state index contributed by atoms with van der Waals surface area (Å²) in [5.41, 5.74) is 1.13. The van der Waals surface area contributed by atoms with Gasteiger partial charge in [-0.15, -0.1) is 0 Å². The average Bonchev–Trinajstić information content (AvgIpc) is 2.99. The van der Waals surface area contributed by atoms with Gasteiger partial charge in [-0.2, -0.15) is 8.75 Å². The lowest BCUT2D eigenvalue weighted by Gasteiger charge is -2.45.